The Bertz CT molecular complexity index is 1010. The molecule has 0 bridgehead atoms. The molecule has 176 valence electrons. The summed E-state index contributed by atoms with van der Waals surface area (Å²) >= 11 is 0. The van der Waals surface area contributed by atoms with Crippen molar-refractivity contribution in [3.05, 3.63) is 71.8 Å². The highest BCUT2D eigenvalue weighted by Crippen LogP contribution is 2.35. The molecule has 0 aliphatic heterocycles. The highest BCUT2D eigenvalue weighted by atomic mass is 19.1. The van der Waals surface area contributed by atoms with Gasteiger partial charge in [-0.25, -0.2) is 8.78 Å². The summed E-state index contributed by atoms with van der Waals surface area (Å²) in [6.07, 6.45) is 16.3. The maximum atomic E-state index is 15.2. The second-order valence-electron chi connectivity index (χ2n) is 10.1. The Labute approximate surface area is 198 Å². The van der Waals surface area contributed by atoms with Crippen molar-refractivity contribution in [1.29, 1.82) is 0 Å². The van der Waals surface area contributed by atoms with Crippen LogP contribution in [0.3, 0.4) is 0 Å². The average Bonchev–Trinajstić information content (AvgIpc) is 2.84. The van der Waals surface area contributed by atoms with Gasteiger partial charge in [0.05, 0.1) is 0 Å². The van der Waals surface area contributed by atoms with Crippen molar-refractivity contribution in [3.8, 4) is 11.1 Å². The van der Waals surface area contributed by atoms with E-state index in [9.17, 15) is 4.39 Å². The van der Waals surface area contributed by atoms with Crippen molar-refractivity contribution in [2.24, 2.45) is 11.8 Å². The van der Waals surface area contributed by atoms with Gasteiger partial charge in [0.15, 0.2) is 0 Å². The zero-order valence-electron chi connectivity index (χ0n) is 20.1. The topological polar surface area (TPSA) is 0 Å². The number of benzene rings is 3. The van der Waals surface area contributed by atoms with Crippen LogP contribution >= 0.6 is 0 Å². The third-order valence-corrected chi connectivity index (χ3v) is 7.70. The van der Waals surface area contributed by atoms with E-state index in [0.717, 1.165) is 23.6 Å². The highest BCUT2D eigenvalue weighted by molar-refractivity contribution is 5.88. The van der Waals surface area contributed by atoms with Gasteiger partial charge in [-0.3, -0.25) is 0 Å². The third-order valence-electron chi connectivity index (χ3n) is 7.70. The van der Waals surface area contributed by atoms with Crippen LogP contribution < -0.4 is 0 Å². The first-order chi connectivity index (χ1) is 16.1. The van der Waals surface area contributed by atoms with Crippen LogP contribution in [0.1, 0.15) is 83.1 Å². The monoisotopic (exact) mass is 448 g/mol. The molecule has 1 fully saturated rings. The number of aryl methyl sites for hydroxylation is 1. The maximum Gasteiger partial charge on any atom is 0.138 e. The molecule has 0 aromatic heterocycles. The van der Waals surface area contributed by atoms with E-state index < -0.39 is 0 Å². The predicted octanol–water partition coefficient (Wildman–Crippen LogP) is 9.88. The summed E-state index contributed by atoms with van der Waals surface area (Å²) in [5.74, 6) is 1.27. The fourth-order valence-corrected chi connectivity index (χ4v) is 5.57. The Balaban J connectivity index is 1.29. The van der Waals surface area contributed by atoms with Gasteiger partial charge in [0.2, 0.25) is 0 Å². The predicted molar refractivity (Wildman–Crippen MR) is 136 cm³/mol. The summed E-state index contributed by atoms with van der Waals surface area (Å²) in [5.41, 5.74) is 2.53. The lowest BCUT2D eigenvalue weighted by Gasteiger charge is -2.28. The van der Waals surface area contributed by atoms with Crippen LogP contribution in [0, 0.1) is 23.5 Å². The molecule has 3 aromatic rings. The first-order valence-electron chi connectivity index (χ1n) is 13.1. The minimum absolute atomic E-state index is 0.223. The summed E-state index contributed by atoms with van der Waals surface area (Å²) in [4.78, 5) is 0. The van der Waals surface area contributed by atoms with Gasteiger partial charge in [0.25, 0.3) is 0 Å². The first-order valence-corrected chi connectivity index (χ1v) is 13.1. The average molecular weight is 449 g/mol. The lowest BCUT2D eigenvalue weighted by atomic mass is 9.77. The first kappa shape index (κ1) is 23.9. The Morgan fingerprint density at radius 3 is 2.15 bits per heavy atom. The van der Waals surface area contributed by atoms with E-state index in [0.29, 0.717) is 16.5 Å². The van der Waals surface area contributed by atoms with Crippen LogP contribution in [0.25, 0.3) is 21.9 Å². The van der Waals surface area contributed by atoms with Crippen LogP contribution in [0.4, 0.5) is 8.78 Å². The van der Waals surface area contributed by atoms with Crippen LogP contribution in [0.15, 0.2) is 54.6 Å². The molecule has 0 saturated heterocycles. The van der Waals surface area contributed by atoms with Gasteiger partial charge in [0, 0.05) is 10.9 Å². The van der Waals surface area contributed by atoms with E-state index >= 15 is 4.39 Å². The molecule has 0 N–H and O–H groups in total. The fourth-order valence-electron chi connectivity index (χ4n) is 5.57. The Morgan fingerprint density at radius 1 is 0.727 bits per heavy atom. The fraction of sp³-hybridized carbons (Fsp3) is 0.484. The largest absolute Gasteiger partial charge is 0.207 e. The molecule has 1 aliphatic rings. The third kappa shape index (κ3) is 6.43. The standard InChI is InChI=1S/C31H38F2/c1-2-3-4-5-6-7-23-8-10-24(11-9-23)12-13-25-14-20-30-27(22-25)17-21-29(31(30)33)26-15-18-28(32)19-16-26/h14-24H,2-13H2,1H3. The molecule has 33 heavy (non-hydrogen) atoms. The molecular weight excluding hydrogens is 410 g/mol. The van der Waals surface area contributed by atoms with Gasteiger partial charge in [-0.15, -0.1) is 0 Å². The van der Waals surface area contributed by atoms with E-state index in [4.69, 9.17) is 0 Å². The van der Waals surface area contributed by atoms with Crippen molar-refractivity contribution in [1.82, 2.24) is 0 Å². The molecule has 1 aliphatic carbocycles. The lowest BCUT2D eigenvalue weighted by Crippen LogP contribution is -2.15. The second-order valence-corrected chi connectivity index (χ2v) is 10.1. The zero-order valence-corrected chi connectivity index (χ0v) is 20.1. The SMILES string of the molecule is CCCCCCCC1CCC(CCc2ccc3c(F)c(-c4ccc(F)cc4)ccc3c2)CC1. The number of hydrogen-bond acceptors (Lipinski definition) is 0. The molecule has 3 aromatic carbocycles. The van der Waals surface area contributed by atoms with Crippen molar-refractivity contribution < 1.29 is 8.78 Å². The molecule has 0 spiro atoms. The molecule has 0 unspecified atom stereocenters. The molecule has 0 atom stereocenters. The van der Waals surface area contributed by atoms with Crippen molar-refractivity contribution >= 4 is 10.8 Å². The Kier molecular flexibility index (Phi) is 8.53. The maximum absolute atomic E-state index is 15.2. The van der Waals surface area contributed by atoms with Gasteiger partial charge in [-0.2, -0.15) is 0 Å². The minimum atomic E-state index is -0.305. The Hall–Kier alpha value is -2.22. The van der Waals surface area contributed by atoms with E-state index in [2.05, 4.69) is 19.1 Å². The minimum Gasteiger partial charge on any atom is -0.207 e. The van der Waals surface area contributed by atoms with E-state index in [1.54, 1.807) is 12.1 Å². The van der Waals surface area contributed by atoms with Gasteiger partial charge in [-0.05, 0) is 53.3 Å². The molecule has 2 heteroatoms. The van der Waals surface area contributed by atoms with Gasteiger partial charge in [-0.1, -0.05) is 114 Å². The van der Waals surface area contributed by atoms with Crippen molar-refractivity contribution in [2.45, 2.75) is 84.0 Å². The second kappa shape index (κ2) is 11.8. The molecule has 4 rings (SSSR count). The lowest BCUT2D eigenvalue weighted by molar-refractivity contribution is 0.249. The number of halogens is 2. The summed E-state index contributed by atoms with van der Waals surface area (Å²) in [6, 6.07) is 16.0. The van der Waals surface area contributed by atoms with Crippen molar-refractivity contribution in [2.75, 3.05) is 0 Å². The molecule has 0 amide bonds. The number of fused-ring (bicyclic) bond motifs is 1. The summed E-state index contributed by atoms with van der Waals surface area (Å²) < 4.78 is 28.4. The molecule has 1 saturated carbocycles. The summed E-state index contributed by atoms with van der Waals surface area (Å²) in [7, 11) is 0. The number of hydrogen-bond donors (Lipinski definition) is 0. The highest BCUT2D eigenvalue weighted by Gasteiger charge is 2.20. The molecule has 0 radical (unpaired) electrons. The van der Waals surface area contributed by atoms with Crippen LogP contribution in [-0.4, -0.2) is 0 Å². The van der Waals surface area contributed by atoms with E-state index in [-0.39, 0.29) is 11.6 Å². The van der Waals surface area contributed by atoms with E-state index in [1.165, 1.54) is 88.3 Å². The van der Waals surface area contributed by atoms with E-state index in [1.807, 2.05) is 18.2 Å². The normalized spacial score (nSPS) is 18.6. The quantitative estimate of drug-likeness (QED) is 0.271. The molecule has 0 nitrogen and oxygen atoms in total. The number of rotatable bonds is 10. The zero-order chi connectivity index (χ0) is 23.0. The summed E-state index contributed by atoms with van der Waals surface area (Å²) in [6.45, 7) is 2.28. The van der Waals surface area contributed by atoms with Gasteiger partial charge >= 0.3 is 0 Å². The van der Waals surface area contributed by atoms with Gasteiger partial charge in [0.1, 0.15) is 11.6 Å². The summed E-state index contributed by atoms with van der Waals surface area (Å²) in [5, 5.41) is 1.59. The molecular formula is C31H38F2. The van der Waals surface area contributed by atoms with Crippen LogP contribution in [0.2, 0.25) is 0 Å². The van der Waals surface area contributed by atoms with Crippen LogP contribution in [0.5, 0.6) is 0 Å². The van der Waals surface area contributed by atoms with Crippen molar-refractivity contribution in [3.63, 3.8) is 0 Å². The number of unbranched alkanes of at least 4 members (excludes halogenated alkanes) is 4. The van der Waals surface area contributed by atoms with Gasteiger partial charge < -0.3 is 0 Å². The smallest absolute Gasteiger partial charge is 0.138 e. The molecule has 0 heterocycles. The Morgan fingerprint density at radius 2 is 1.42 bits per heavy atom. The van der Waals surface area contributed by atoms with Crippen LogP contribution in [-0.2, 0) is 6.42 Å².